The lowest BCUT2D eigenvalue weighted by atomic mass is 9.74. The second-order valence-electron chi connectivity index (χ2n) is 9.38. The van der Waals surface area contributed by atoms with E-state index >= 15 is 0 Å². The van der Waals surface area contributed by atoms with Gasteiger partial charge in [-0.05, 0) is 70.5 Å². The normalized spacial score (nSPS) is 19.8. The smallest absolute Gasteiger partial charge is 0.252 e. The van der Waals surface area contributed by atoms with Crippen LogP contribution in [0.15, 0.2) is 65.1 Å². The molecule has 1 unspecified atom stereocenters. The predicted molar refractivity (Wildman–Crippen MR) is 129 cm³/mol. The van der Waals surface area contributed by atoms with E-state index in [0.29, 0.717) is 29.2 Å². The predicted octanol–water partition coefficient (Wildman–Crippen LogP) is 6.01. The Bertz CT molecular complexity index is 1030. The molecule has 3 aromatic rings. The van der Waals surface area contributed by atoms with Gasteiger partial charge in [0.2, 0.25) is 0 Å². The number of carbonyl (C=O) groups excluding carboxylic acids is 1. The molecule has 4 rings (SSSR count). The van der Waals surface area contributed by atoms with Crippen molar-refractivity contribution in [1.29, 1.82) is 0 Å². The Balaban J connectivity index is 1.53. The Morgan fingerprint density at radius 2 is 1.59 bits per heavy atom. The summed E-state index contributed by atoms with van der Waals surface area (Å²) in [5.74, 6) is 2.20. The number of rotatable bonds is 7. The minimum absolute atomic E-state index is 0.395. The molecular weight excluding hydrogens is 396 g/mol. The van der Waals surface area contributed by atoms with E-state index in [2.05, 4.69) is 49.3 Å². The molecule has 1 fully saturated rings. The van der Waals surface area contributed by atoms with Crippen molar-refractivity contribution in [3.63, 3.8) is 0 Å². The van der Waals surface area contributed by atoms with Crippen LogP contribution in [0.1, 0.15) is 59.0 Å². The third-order valence-corrected chi connectivity index (χ3v) is 6.99. The van der Waals surface area contributed by atoms with Gasteiger partial charge >= 0.3 is 0 Å². The Labute approximate surface area is 191 Å². The molecule has 1 heterocycles. The van der Waals surface area contributed by atoms with Crippen molar-refractivity contribution >= 4 is 5.91 Å². The average Bonchev–Trinajstić information content (AvgIpc) is 3.12. The minimum Gasteiger partial charge on any atom is -0.460 e. The fraction of sp³-hybridized carbons (Fsp3) is 0.393. The lowest BCUT2D eigenvalue weighted by molar-refractivity contribution is 0.0997. The number of hydrogen-bond donors (Lipinski definition) is 1. The van der Waals surface area contributed by atoms with Gasteiger partial charge in [-0.3, -0.25) is 4.79 Å². The lowest BCUT2D eigenvalue weighted by Gasteiger charge is -2.37. The van der Waals surface area contributed by atoms with Crippen LogP contribution in [0.3, 0.4) is 0 Å². The van der Waals surface area contributed by atoms with Gasteiger partial charge in [0.1, 0.15) is 11.5 Å². The number of benzene rings is 2. The van der Waals surface area contributed by atoms with Gasteiger partial charge < -0.3 is 15.1 Å². The summed E-state index contributed by atoms with van der Waals surface area (Å²) in [7, 11) is 4.37. The Kier molecular flexibility index (Phi) is 6.80. The van der Waals surface area contributed by atoms with Crippen LogP contribution in [0.2, 0.25) is 0 Å². The van der Waals surface area contributed by atoms with Gasteiger partial charge in [-0.15, -0.1) is 0 Å². The standard InChI is InChI=1S/C28H34N2O2/c1-19-25(28(29)31)24(27(32-19)23-12-8-5-9-13-23)18-20-14-16-22(17-15-20)26(30(2)3)21-10-6-4-7-11-21/h4-13,20,22,26H,14-18H2,1-3H3,(H2,29,31). The third kappa shape index (κ3) is 4.66. The second-order valence-corrected chi connectivity index (χ2v) is 9.38. The molecule has 1 atom stereocenters. The van der Waals surface area contributed by atoms with E-state index in [4.69, 9.17) is 10.2 Å². The number of carbonyl (C=O) groups is 1. The molecule has 1 aliphatic carbocycles. The molecule has 32 heavy (non-hydrogen) atoms. The molecule has 1 aliphatic rings. The number of nitrogens with two attached hydrogens (primary N) is 1. The van der Waals surface area contributed by atoms with Gasteiger partial charge in [0.05, 0.1) is 5.56 Å². The SMILES string of the molecule is Cc1oc(-c2ccccc2)c(CC2CCC(C(c3ccccc3)N(C)C)CC2)c1C(N)=O. The Morgan fingerprint density at radius 1 is 1.00 bits per heavy atom. The van der Waals surface area contributed by atoms with Crippen LogP contribution >= 0.6 is 0 Å². The number of furan rings is 1. The van der Waals surface area contributed by atoms with Crippen molar-refractivity contribution in [3.05, 3.63) is 83.1 Å². The van der Waals surface area contributed by atoms with Crippen molar-refractivity contribution < 1.29 is 9.21 Å². The number of amides is 1. The van der Waals surface area contributed by atoms with Crippen molar-refractivity contribution in [2.24, 2.45) is 17.6 Å². The van der Waals surface area contributed by atoms with Gasteiger partial charge in [0.15, 0.2) is 0 Å². The second kappa shape index (κ2) is 9.74. The largest absolute Gasteiger partial charge is 0.460 e. The zero-order chi connectivity index (χ0) is 22.7. The van der Waals surface area contributed by atoms with E-state index in [0.717, 1.165) is 36.1 Å². The van der Waals surface area contributed by atoms with Crippen LogP contribution in [-0.2, 0) is 6.42 Å². The summed E-state index contributed by atoms with van der Waals surface area (Å²) in [5, 5.41) is 0. The summed E-state index contributed by atoms with van der Waals surface area (Å²) >= 11 is 0. The van der Waals surface area contributed by atoms with Gasteiger partial charge in [0.25, 0.3) is 5.91 Å². The van der Waals surface area contributed by atoms with Crippen molar-refractivity contribution in [3.8, 4) is 11.3 Å². The molecule has 0 aliphatic heterocycles. The van der Waals surface area contributed by atoms with Gasteiger partial charge in [-0.25, -0.2) is 0 Å². The van der Waals surface area contributed by atoms with E-state index in [1.54, 1.807) is 0 Å². The van der Waals surface area contributed by atoms with Crippen LogP contribution in [0, 0.1) is 18.8 Å². The van der Waals surface area contributed by atoms with Crippen molar-refractivity contribution in [2.45, 2.75) is 45.1 Å². The molecule has 1 aromatic heterocycles. The summed E-state index contributed by atoms with van der Waals surface area (Å²) in [4.78, 5) is 14.6. The maximum absolute atomic E-state index is 12.3. The molecule has 4 nitrogen and oxygen atoms in total. The van der Waals surface area contributed by atoms with Crippen molar-refractivity contribution in [1.82, 2.24) is 4.90 Å². The minimum atomic E-state index is -0.395. The highest BCUT2D eigenvalue weighted by Gasteiger charge is 2.32. The number of hydrogen-bond acceptors (Lipinski definition) is 3. The fourth-order valence-electron chi connectivity index (χ4n) is 5.57. The summed E-state index contributed by atoms with van der Waals surface area (Å²) < 4.78 is 6.08. The van der Waals surface area contributed by atoms with E-state index in [1.807, 2.05) is 37.3 Å². The van der Waals surface area contributed by atoms with E-state index in [1.165, 1.54) is 18.4 Å². The molecular formula is C28H34N2O2. The molecule has 1 amide bonds. The molecule has 2 aromatic carbocycles. The van der Waals surface area contributed by atoms with E-state index < -0.39 is 5.91 Å². The zero-order valence-electron chi connectivity index (χ0n) is 19.4. The van der Waals surface area contributed by atoms with Crippen LogP contribution < -0.4 is 5.73 Å². The average molecular weight is 431 g/mol. The Hall–Kier alpha value is -2.85. The van der Waals surface area contributed by atoms with E-state index in [9.17, 15) is 4.79 Å². The first kappa shape index (κ1) is 22.3. The van der Waals surface area contributed by atoms with Crippen LogP contribution in [0.5, 0.6) is 0 Å². The molecule has 0 bridgehead atoms. The molecule has 0 radical (unpaired) electrons. The van der Waals surface area contributed by atoms with Gasteiger partial charge in [-0.1, -0.05) is 60.7 Å². The maximum Gasteiger partial charge on any atom is 0.252 e. The molecule has 168 valence electrons. The van der Waals surface area contributed by atoms with Crippen LogP contribution in [-0.4, -0.2) is 24.9 Å². The molecule has 1 saturated carbocycles. The maximum atomic E-state index is 12.3. The quantitative estimate of drug-likeness (QED) is 0.500. The topological polar surface area (TPSA) is 59.5 Å². The number of aryl methyl sites for hydroxylation is 1. The highest BCUT2D eigenvalue weighted by molar-refractivity contribution is 5.97. The monoisotopic (exact) mass is 430 g/mol. The number of nitrogens with zero attached hydrogens (tertiary/aromatic N) is 1. The highest BCUT2D eigenvalue weighted by Crippen LogP contribution is 2.42. The third-order valence-electron chi connectivity index (χ3n) is 6.99. The first-order chi connectivity index (χ1) is 15.5. The zero-order valence-corrected chi connectivity index (χ0v) is 19.4. The summed E-state index contributed by atoms with van der Waals surface area (Å²) in [5.41, 5.74) is 9.72. The molecule has 0 spiro atoms. The van der Waals surface area contributed by atoms with Gasteiger partial charge in [-0.2, -0.15) is 0 Å². The van der Waals surface area contributed by atoms with Crippen LogP contribution in [0.4, 0.5) is 0 Å². The summed E-state index contributed by atoms with van der Waals surface area (Å²) in [6, 6.07) is 21.3. The summed E-state index contributed by atoms with van der Waals surface area (Å²) in [6.07, 6.45) is 5.51. The fourth-order valence-corrected chi connectivity index (χ4v) is 5.57. The van der Waals surface area contributed by atoms with Crippen molar-refractivity contribution in [2.75, 3.05) is 14.1 Å². The summed E-state index contributed by atoms with van der Waals surface area (Å²) in [6.45, 7) is 1.84. The molecule has 2 N–H and O–H groups in total. The van der Waals surface area contributed by atoms with E-state index in [-0.39, 0.29) is 0 Å². The Morgan fingerprint density at radius 3 is 2.16 bits per heavy atom. The highest BCUT2D eigenvalue weighted by atomic mass is 16.3. The molecule has 0 saturated heterocycles. The van der Waals surface area contributed by atoms with Crippen LogP contribution in [0.25, 0.3) is 11.3 Å². The first-order valence-electron chi connectivity index (χ1n) is 11.6. The first-order valence-corrected chi connectivity index (χ1v) is 11.6. The molecule has 4 heteroatoms. The lowest BCUT2D eigenvalue weighted by Crippen LogP contribution is -2.30. The number of primary amides is 1. The van der Waals surface area contributed by atoms with Gasteiger partial charge in [0, 0.05) is 17.2 Å².